The van der Waals surface area contributed by atoms with E-state index in [0.717, 1.165) is 12.5 Å². The lowest BCUT2D eigenvalue weighted by Crippen LogP contribution is -2.26. The Balaban J connectivity index is 2.23. The number of hydrogen-bond acceptors (Lipinski definition) is 1. The summed E-state index contributed by atoms with van der Waals surface area (Å²) in [6.07, 6.45) is -4.82. The summed E-state index contributed by atoms with van der Waals surface area (Å²) in [6, 6.07) is 1.78. The van der Waals surface area contributed by atoms with Crippen LogP contribution < -0.4 is 5.32 Å². The van der Waals surface area contributed by atoms with Gasteiger partial charge in [0, 0.05) is 6.04 Å². The topological polar surface area (TPSA) is 12.0 Å². The van der Waals surface area contributed by atoms with Gasteiger partial charge in [-0.2, -0.15) is 13.2 Å². The number of rotatable bonds is 2. The van der Waals surface area contributed by atoms with Crippen LogP contribution in [0.1, 0.15) is 30.1 Å². The summed E-state index contributed by atoms with van der Waals surface area (Å²) >= 11 is 0. The summed E-state index contributed by atoms with van der Waals surface area (Å²) in [5, 5.41) is 2.90. The minimum absolute atomic E-state index is 0.0556. The number of nitrogens with one attached hydrogen (secondary N) is 1. The molecule has 2 rings (SSSR count). The third kappa shape index (κ3) is 2.63. The molecule has 6 heteroatoms. The molecule has 100 valence electrons. The Bertz CT molecular complexity index is 423. The number of alkyl halides is 4. The second-order valence-electron chi connectivity index (χ2n) is 4.34. The van der Waals surface area contributed by atoms with Crippen LogP contribution in [0, 0.1) is 5.82 Å². The Morgan fingerprint density at radius 3 is 2.50 bits per heavy atom. The Morgan fingerprint density at radius 1 is 1.28 bits per heavy atom. The standard InChI is InChI=1S/C12H12F5N/c13-9-6-7(3-4-8(9)12(15,16)17)11(14)10-2-1-5-18-10/h3-4,6,10-11,18H,1-2,5H2. The Kier molecular flexibility index (Phi) is 3.56. The van der Waals surface area contributed by atoms with E-state index in [1.807, 2.05) is 0 Å². The highest BCUT2D eigenvalue weighted by molar-refractivity contribution is 5.28. The molecule has 1 aliphatic heterocycles. The molecule has 1 heterocycles. The molecule has 1 fully saturated rings. The molecule has 0 spiro atoms. The molecular formula is C12H12F5N. The molecule has 1 nitrogen and oxygen atoms in total. The van der Waals surface area contributed by atoms with E-state index in [2.05, 4.69) is 5.32 Å². The predicted molar refractivity (Wildman–Crippen MR) is 56.3 cm³/mol. The van der Waals surface area contributed by atoms with Gasteiger partial charge in [-0.1, -0.05) is 6.07 Å². The van der Waals surface area contributed by atoms with Crippen molar-refractivity contribution in [2.45, 2.75) is 31.2 Å². The smallest absolute Gasteiger partial charge is 0.311 e. The van der Waals surface area contributed by atoms with Gasteiger partial charge in [-0.05, 0) is 37.1 Å². The molecule has 0 amide bonds. The van der Waals surface area contributed by atoms with Crippen molar-refractivity contribution in [1.29, 1.82) is 0 Å². The summed E-state index contributed by atoms with van der Waals surface area (Å²) in [4.78, 5) is 0. The molecule has 1 aromatic carbocycles. The van der Waals surface area contributed by atoms with E-state index in [0.29, 0.717) is 25.1 Å². The van der Waals surface area contributed by atoms with Crippen molar-refractivity contribution < 1.29 is 22.0 Å². The van der Waals surface area contributed by atoms with Crippen LogP contribution in [0.3, 0.4) is 0 Å². The summed E-state index contributed by atoms with van der Waals surface area (Å²) in [7, 11) is 0. The lowest BCUT2D eigenvalue weighted by molar-refractivity contribution is -0.140. The molecule has 1 aliphatic rings. The van der Waals surface area contributed by atoms with Gasteiger partial charge >= 0.3 is 6.18 Å². The van der Waals surface area contributed by atoms with Gasteiger partial charge in [0.25, 0.3) is 0 Å². The van der Waals surface area contributed by atoms with Crippen LogP contribution in [0.25, 0.3) is 0 Å². The SMILES string of the molecule is Fc1cc(C(F)C2CCCN2)ccc1C(F)(F)F. The first-order chi connectivity index (χ1) is 8.39. The zero-order chi connectivity index (χ0) is 13.3. The van der Waals surface area contributed by atoms with Crippen LogP contribution in [0.4, 0.5) is 22.0 Å². The maximum absolute atomic E-state index is 13.9. The van der Waals surface area contributed by atoms with Gasteiger partial charge in [0.15, 0.2) is 0 Å². The highest BCUT2D eigenvalue weighted by Gasteiger charge is 2.35. The van der Waals surface area contributed by atoms with E-state index < -0.39 is 29.8 Å². The molecular weight excluding hydrogens is 253 g/mol. The molecule has 0 radical (unpaired) electrons. The molecule has 18 heavy (non-hydrogen) atoms. The number of hydrogen-bond donors (Lipinski definition) is 1. The summed E-state index contributed by atoms with van der Waals surface area (Å²) in [5.74, 6) is -1.43. The fourth-order valence-electron chi connectivity index (χ4n) is 2.13. The van der Waals surface area contributed by atoms with Crippen molar-refractivity contribution in [3.8, 4) is 0 Å². The van der Waals surface area contributed by atoms with Gasteiger partial charge in [0.2, 0.25) is 0 Å². The number of benzene rings is 1. The van der Waals surface area contributed by atoms with E-state index in [-0.39, 0.29) is 5.56 Å². The average Bonchev–Trinajstić information content (AvgIpc) is 2.79. The van der Waals surface area contributed by atoms with Crippen LogP contribution in [0.15, 0.2) is 18.2 Å². The van der Waals surface area contributed by atoms with Crippen molar-refractivity contribution in [3.63, 3.8) is 0 Å². The van der Waals surface area contributed by atoms with Crippen LogP contribution >= 0.6 is 0 Å². The van der Waals surface area contributed by atoms with E-state index in [9.17, 15) is 22.0 Å². The lowest BCUT2D eigenvalue weighted by Gasteiger charge is -2.17. The van der Waals surface area contributed by atoms with Crippen LogP contribution in [-0.2, 0) is 6.18 Å². The molecule has 2 atom stereocenters. The predicted octanol–water partition coefficient (Wildman–Crippen LogP) is 3.61. The van der Waals surface area contributed by atoms with E-state index in [4.69, 9.17) is 0 Å². The first-order valence-electron chi connectivity index (χ1n) is 5.63. The molecule has 1 saturated heterocycles. The minimum atomic E-state index is -4.75. The minimum Gasteiger partial charge on any atom is -0.311 e. The Hall–Kier alpha value is -1.17. The molecule has 1 aromatic rings. The van der Waals surface area contributed by atoms with Gasteiger partial charge in [-0.25, -0.2) is 8.78 Å². The fraction of sp³-hybridized carbons (Fsp3) is 0.500. The first-order valence-corrected chi connectivity index (χ1v) is 5.63. The lowest BCUT2D eigenvalue weighted by atomic mass is 10.0. The van der Waals surface area contributed by atoms with Crippen molar-refractivity contribution in [1.82, 2.24) is 5.32 Å². The molecule has 2 unspecified atom stereocenters. The highest BCUT2D eigenvalue weighted by atomic mass is 19.4. The maximum atomic E-state index is 13.9. The summed E-state index contributed by atoms with van der Waals surface area (Å²) in [6.45, 7) is 0.675. The van der Waals surface area contributed by atoms with Crippen LogP contribution in [0.5, 0.6) is 0 Å². The first kappa shape index (κ1) is 13.3. The van der Waals surface area contributed by atoms with Crippen molar-refractivity contribution in [3.05, 3.63) is 35.1 Å². The quantitative estimate of drug-likeness (QED) is 0.805. The molecule has 0 bridgehead atoms. The summed E-state index contributed by atoms with van der Waals surface area (Å²) in [5.41, 5.74) is -1.42. The van der Waals surface area contributed by atoms with Crippen LogP contribution in [0.2, 0.25) is 0 Å². The zero-order valence-electron chi connectivity index (χ0n) is 9.40. The third-order valence-corrected chi connectivity index (χ3v) is 3.07. The van der Waals surface area contributed by atoms with Gasteiger partial charge < -0.3 is 5.32 Å². The Labute approximate surface area is 101 Å². The van der Waals surface area contributed by atoms with Crippen molar-refractivity contribution in [2.75, 3.05) is 6.54 Å². The van der Waals surface area contributed by atoms with E-state index in [1.54, 1.807) is 0 Å². The second kappa shape index (κ2) is 4.84. The van der Waals surface area contributed by atoms with Gasteiger partial charge in [-0.15, -0.1) is 0 Å². The van der Waals surface area contributed by atoms with Gasteiger partial charge in [0.1, 0.15) is 12.0 Å². The highest BCUT2D eigenvalue weighted by Crippen LogP contribution is 2.34. The molecule has 0 saturated carbocycles. The Morgan fingerprint density at radius 2 is 2.00 bits per heavy atom. The van der Waals surface area contributed by atoms with Gasteiger partial charge in [-0.3, -0.25) is 0 Å². The fourth-order valence-corrected chi connectivity index (χ4v) is 2.13. The van der Waals surface area contributed by atoms with E-state index in [1.165, 1.54) is 0 Å². The number of halogens is 5. The molecule has 0 aromatic heterocycles. The second-order valence-corrected chi connectivity index (χ2v) is 4.34. The summed E-state index contributed by atoms with van der Waals surface area (Å²) < 4.78 is 64.2. The van der Waals surface area contributed by atoms with Crippen molar-refractivity contribution in [2.24, 2.45) is 0 Å². The molecule has 1 N–H and O–H groups in total. The zero-order valence-corrected chi connectivity index (χ0v) is 9.40. The normalized spacial score (nSPS) is 22.2. The third-order valence-electron chi connectivity index (χ3n) is 3.07. The van der Waals surface area contributed by atoms with Gasteiger partial charge in [0.05, 0.1) is 5.56 Å². The average molecular weight is 265 g/mol. The molecule has 0 aliphatic carbocycles. The monoisotopic (exact) mass is 265 g/mol. The largest absolute Gasteiger partial charge is 0.419 e. The maximum Gasteiger partial charge on any atom is 0.419 e. The van der Waals surface area contributed by atoms with E-state index >= 15 is 0 Å². The van der Waals surface area contributed by atoms with Crippen LogP contribution in [-0.4, -0.2) is 12.6 Å². The van der Waals surface area contributed by atoms with Crippen molar-refractivity contribution >= 4 is 0 Å².